The van der Waals surface area contributed by atoms with E-state index in [1.807, 2.05) is 19.9 Å². The fourth-order valence-corrected chi connectivity index (χ4v) is 8.95. The Balaban J connectivity index is 1.60. The van der Waals surface area contributed by atoms with Crippen molar-refractivity contribution >= 4 is 17.5 Å². The quantitative estimate of drug-likeness (QED) is 0.606. The maximum Gasteiger partial charge on any atom is 0.336 e. The Morgan fingerprint density at radius 2 is 1.72 bits per heavy atom. The van der Waals surface area contributed by atoms with Gasteiger partial charge in [-0.1, -0.05) is 40.7 Å². The van der Waals surface area contributed by atoms with Gasteiger partial charge in [-0.15, -0.1) is 0 Å². The van der Waals surface area contributed by atoms with Gasteiger partial charge in [0.2, 0.25) is 6.29 Å². The number of rotatable bonds is 1. The number of carbonyl (C=O) groups is 3. The highest BCUT2D eigenvalue weighted by Gasteiger charge is 2.72. The number of allylic oxidation sites excluding steroid dienone is 2. The Morgan fingerprint density at radius 1 is 1.03 bits per heavy atom. The highest BCUT2D eigenvalue weighted by atomic mass is 16.6. The summed E-state index contributed by atoms with van der Waals surface area (Å²) in [5.41, 5.74) is -1.62. The molecular weight excluding hydrogens is 408 g/mol. The lowest BCUT2D eigenvalue weighted by Crippen LogP contribution is -2.66. The van der Waals surface area contributed by atoms with E-state index in [2.05, 4.69) is 20.8 Å². The predicted octanol–water partition coefficient (Wildman–Crippen LogP) is 2.97. The second-order valence-corrected chi connectivity index (χ2v) is 12.1. The zero-order valence-corrected chi connectivity index (χ0v) is 19.6. The van der Waals surface area contributed by atoms with Crippen LogP contribution in [0.2, 0.25) is 0 Å². The van der Waals surface area contributed by atoms with Crippen LogP contribution in [0.4, 0.5) is 0 Å². The molecule has 1 heterocycles. The van der Waals surface area contributed by atoms with Crippen molar-refractivity contribution in [1.29, 1.82) is 0 Å². The van der Waals surface area contributed by atoms with E-state index >= 15 is 0 Å². The van der Waals surface area contributed by atoms with Crippen molar-refractivity contribution in [1.82, 2.24) is 0 Å². The number of ether oxygens (including phenoxy) is 1. The molecule has 0 unspecified atom stereocenters. The van der Waals surface area contributed by atoms with E-state index in [4.69, 9.17) is 4.74 Å². The Hall–Kier alpha value is -1.79. The van der Waals surface area contributed by atoms with E-state index in [0.29, 0.717) is 12.0 Å². The zero-order valence-electron chi connectivity index (χ0n) is 19.6. The molecule has 174 valence electrons. The number of fused-ring (bicyclic) bond motifs is 5. The van der Waals surface area contributed by atoms with E-state index in [9.17, 15) is 24.6 Å². The SMILES string of the molecule is CC1(C)C(=O)C=C[C@]2(C)[C@H]3CC[C@]4(C)[C@@H](C(=O)C[C@H]4C4=C[C@H](O)OC4=O)[C@]3(C)[C@H](O)C[C@@H]12. The van der Waals surface area contributed by atoms with Crippen molar-refractivity contribution in [2.24, 2.45) is 45.3 Å². The van der Waals surface area contributed by atoms with Gasteiger partial charge in [-0.25, -0.2) is 4.79 Å². The van der Waals surface area contributed by atoms with Crippen LogP contribution in [0.5, 0.6) is 0 Å². The highest BCUT2D eigenvalue weighted by Crippen LogP contribution is 2.72. The molecular formula is C26H34O6. The van der Waals surface area contributed by atoms with Gasteiger partial charge in [0.1, 0.15) is 5.78 Å². The van der Waals surface area contributed by atoms with Gasteiger partial charge in [-0.3, -0.25) is 9.59 Å². The molecule has 0 aromatic rings. The number of cyclic esters (lactones) is 1. The molecule has 9 atom stereocenters. The lowest BCUT2D eigenvalue weighted by atomic mass is 9.37. The third kappa shape index (κ3) is 2.46. The number of Topliss-reactive ketones (excluding diaryl/α,β-unsaturated/α-hetero) is 1. The summed E-state index contributed by atoms with van der Waals surface area (Å²) in [6.07, 6.45) is 5.47. The molecule has 6 heteroatoms. The van der Waals surface area contributed by atoms with Gasteiger partial charge in [0.15, 0.2) is 5.78 Å². The molecule has 3 fully saturated rings. The molecule has 0 aromatic carbocycles. The van der Waals surface area contributed by atoms with Gasteiger partial charge >= 0.3 is 5.97 Å². The maximum atomic E-state index is 13.6. The molecule has 0 spiro atoms. The lowest BCUT2D eigenvalue weighted by molar-refractivity contribution is -0.210. The number of hydrogen-bond donors (Lipinski definition) is 2. The molecule has 0 aromatic heterocycles. The molecule has 4 aliphatic carbocycles. The first kappa shape index (κ1) is 22.0. The van der Waals surface area contributed by atoms with Gasteiger partial charge in [0, 0.05) is 34.7 Å². The molecule has 6 nitrogen and oxygen atoms in total. The Bertz CT molecular complexity index is 977. The summed E-state index contributed by atoms with van der Waals surface area (Å²) < 4.78 is 4.94. The summed E-state index contributed by atoms with van der Waals surface area (Å²) in [5, 5.41) is 21.4. The first-order valence-corrected chi connectivity index (χ1v) is 11.8. The predicted molar refractivity (Wildman–Crippen MR) is 116 cm³/mol. The summed E-state index contributed by atoms with van der Waals surface area (Å²) in [6, 6.07) is 0. The third-order valence-electron chi connectivity index (χ3n) is 10.5. The molecule has 1 aliphatic heterocycles. The summed E-state index contributed by atoms with van der Waals surface area (Å²) in [7, 11) is 0. The smallest absolute Gasteiger partial charge is 0.336 e. The molecule has 3 saturated carbocycles. The number of aliphatic hydroxyl groups is 2. The van der Waals surface area contributed by atoms with Crippen molar-refractivity contribution in [2.75, 3.05) is 0 Å². The van der Waals surface area contributed by atoms with Gasteiger partial charge in [0.05, 0.1) is 6.10 Å². The molecule has 5 rings (SSSR count). The number of aliphatic hydroxyl groups excluding tert-OH is 2. The Labute approximate surface area is 189 Å². The second kappa shape index (κ2) is 6.41. The van der Waals surface area contributed by atoms with Gasteiger partial charge in [-0.05, 0) is 54.1 Å². The van der Waals surface area contributed by atoms with Gasteiger partial charge in [-0.2, -0.15) is 0 Å². The van der Waals surface area contributed by atoms with Crippen LogP contribution >= 0.6 is 0 Å². The first-order valence-electron chi connectivity index (χ1n) is 11.8. The van der Waals surface area contributed by atoms with Crippen LogP contribution in [-0.2, 0) is 19.1 Å². The number of esters is 1. The average Bonchev–Trinajstić information content (AvgIpc) is 3.16. The summed E-state index contributed by atoms with van der Waals surface area (Å²) >= 11 is 0. The maximum absolute atomic E-state index is 13.6. The minimum atomic E-state index is -1.26. The Kier molecular flexibility index (Phi) is 4.41. The van der Waals surface area contributed by atoms with Crippen LogP contribution in [0.25, 0.3) is 0 Å². The average molecular weight is 443 g/mol. The monoisotopic (exact) mass is 442 g/mol. The van der Waals surface area contributed by atoms with E-state index in [1.54, 1.807) is 6.08 Å². The molecule has 2 N–H and O–H groups in total. The van der Waals surface area contributed by atoms with Crippen LogP contribution in [-0.4, -0.2) is 40.1 Å². The fraction of sp³-hybridized carbons (Fsp3) is 0.731. The van der Waals surface area contributed by atoms with Crippen molar-refractivity contribution in [2.45, 2.75) is 72.7 Å². The van der Waals surface area contributed by atoms with Crippen LogP contribution in [0.1, 0.15) is 60.3 Å². The molecule has 32 heavy (non-hydrogen) atoms. The molecule has 0 radical (unpaired) electrons. The highest BCUT2D eigenvalue weighted by molar-refractivity contribution is 5.96. The third-order valence-corrected chi connectivity index (χ3v) is 10.5. The van der Waals surface area contributed by atoms with E-state index < -0.39 is 40.5 Å². The van der Waals surface area contributed by atoms with Crippen molar-refractivity contribution < 1.29 is 29.3 Å². The van der Waals surface area contributed by atoms with Gasteiger partial charge in [0.25, 0.3) is 0 Å². The molecule has 0 amide bonds. The standard InChI is InChI=1S/C26H34O6/c1-23(2)17-12-19(29)26(5)16(25(17,4)9-7-18(23)28)6-8-24(3)14(11-15(27)21(24)26)13-10-20(30)32-22(13)31/h7,9-10,14,16-17,19-21,29-30H,6,8,11-12H2,1-5H3/t14-,16+,17-,19+,20+,21+,24-,25+,26-/m0/s1. The molecule has 5 aliphatic rings. The van der Waals surface area contributed by atoms with Crippen molar-refractivity contribution in [3.05, 3.63) is 23.8 Å². The van der Waals surface area contributed by atoms with Crippen LogP contribution in [0, 0.1) is 45.3 Å². The number of hydrogen-bond acceptors (Lipinski definition) is 6. The second-order valence-electron chi connectivity index (χ2n) is 12.1. The number of carbonyl (C=O) groups excluding carboxylic acids is 3. The van der Waals surface area contributed by atoms with Gasteiger partial charge < -0.3 is 14.9 Å². The topological polar surface area (TPSA) is 101 Å². The summed E-state index contributed by atoms with van der Waals surface area (Å²) in [5.74, 6) is -1.04. The molecule has 0 bridgehead atoms. The summed E-state index contributed by atoms with van der Waals surface area (Å²) in [6.45, 7) is 10.3. The van der Waals surface area contributed by atoms with E-state index in [0.717, 1.165) is 12.8 Å². The lowest BCUT2D eigenvalue weighted by Gasteiger charge is -2.67. The van der Waals surface area contributed by atoms with Crippen molar-refractivity contribution in [3.63, 3.8) is 0 Å². The Morgan fingerprint density at radius 3 is 2.34 bits per heavy atom. The number of ketones is 2. The minimum absolute atomic E-state index is 0.0000940. The minimum Gasteiger partial charge on any atom is -0.429 e. The van der Waals surface area contributed by atoms with Crippen molar-refractivity contribution in [3.8, 4) is 0 Å². The zero-order chi connectivity index (χ0) is 23.4. The van der Waals surface area contributed by atoms with E-state index in [1.165, 1.54) is 6.08 Å². The van der Waals surface area contributed by atoms with Crippen LogP contribution in [0.15, 0.2) is 23.8 Å². The van der Waals surface area contributed by atoms with Crippen LogP contribution in [0.3, 0.4) is 0 Å². The largest absolute Gasteiger partial charge is 0.429 e. The first-order chi connectivity index (χ1) is 14.8. The molecule has 0 saturated heterocycles. The fourth-order valence-electron chi connectivity index (χ4n) is 8.95. The van der Waals surface area contributed by atoms with Crippen LogP contribution < -0.4 is 0 Å². The normalized spacial score (nSPS) is 51.6. The summed E-state index contributed by atoms with van der Waals surface area (Å²) in [4.78, 5) is 38.7. The van der Waals surface area contributed by atoms with E-state index in [-0.39, 0.29) is 41.2 Å².